The van der Waals surface area contributed by atoms with Gasteiger partial charge in [-0.25, -0.2) is 4.98 Å². The molecule has 0 saturated heterocycles. The lowest BCUT2D eigenvalue weighted by Gasteiger charge is -2.25. The van der Waals surface area contributed by atoms with Crippen LogP contribution in [0.25, 0.3) is 0 Å². The van der Waals surface area contributed by atoms with Crippen LogP contribution in [0.5, 0.6) is 0 Å². The molecule has 1 N–H and O–H groups in total. The first-order valence-corrected chi connectivity index (χ1v) is 6.77. The fraction of sp³-hybridized carbons (Fsp3) is 0.750. The minimum absolute atomic E-state index is 0.218. The summed E-state index contributed by atoms with van der Waals surface area (Å²) >= 11 is 1.75. The van der Waals surface area contributed by atoms with E-state index in [4.69, 9.17) is 4.74 Å². The zero-order valence-electron chi connectivity index (χ0n) is 10.7. The average molecular weight is 242 g/mol. The van der Waals surface area contributed by atoms with Crippen LogP contribution >= 0.6 is 11.3 Å². The summed E-state index contributed by atoms with van der Waals surface area (Å²) in [7, 11) is 0. The maximum absolute atomic E-state index is 5.81. The van der Waals surface area contributed by atoms with Gasteiger partial charge in [-0.1, -0.05) is 13.8 Å². The lowest BCUT2D eigenvalue weighted by molar-refractivity contribution is -0.0324. The predicted octanol–water partition coefficient (Wildman–Crippen LogP) is 2.91. The number of thiazole rings is 1. The normalized spacial score (nSPS) is 15.0. The van der Waals surface area contributed by atoms with Crippen molar-refractivity contribution in [1.82, 2.24) is 10.3 Å². The average Bonchev–Trinajstić information content (AvgIpc) is 2.75. The molecule has 3 nitrogen and oxygen atoms in total. The zero-order valence-corrected chi connectivity index (χ0v) is 11.5. The molecular weight excluding hydrogens is 220 g/mol. The molecule has 0 saturated carbocycles. The first-order valence-electron chi connectivity index (χ1n) is 5.96. The van der Waals surface area contributed by atoms with Gasteiger partial charge in [-0.05, 0) is 26.8 Å². The predicted molar refractivity (Wildman–Crippen MR) is 68.8 cm³/mol. The molecule has 4 heteroatoms. The SMILES string of the molecule is CCNCc1cnc(C(C)(CC)OCC)s1. The van der Waals surface area contributed by atoms with Gasteiger partial charge in [0.1, 0.15) is 10.6 Å². The molecule has 0 aliphatic rings. The second-order valence-corrected chi connectivity index (χ2v) is 5.04. The van der Waals surface area contributed by atoms with Gasteiger partial charge in [-0.15, -0.1) is 11.3 Å². The Labute approximate surface area is 102 Å². The lowest BCUT2D eigenvalue weighted by atomic mass is 10.1. The van der Waals surface area contributed by atoms with Crippen LogP contribution in [-0.2, 0) is 16.9 Å². The van der Waals surface area contributed by atoms with E-state index in [-0.39, 0.29) is 5.60 Å². The second-order valence-electron chi connectivity index (χ2n) is 3.93. The molecule has 1 heterocycles. The fourth-order valence-electron chi connectivity index (χ4n) is 1.52. The van der Waals surface area contributed by atoms with Gasteiger partial charge in [0.2, 0.25) is 0 Å². The van der Waals surface area contributed by atoms with E-state index >= 15 is 0 Å². The molecule has 0 amide bonds. The van der Waals surface area contributed by atoms with Crippen LogP contribution in [0.3, 0.4) is 0 Å². The van der Waals surface area contributed by atoms with E-state index in [1.54, 1.807) is 11.3 Å². The highest BCUT2D eigenvalue weighted by atomic mass is 32.1. The number of hydrogen-bond donors (Lipinski definition) is 1. The topological polar surface area (TPSA) is 34.2 Å². The Bertz CT molecular complexity index is 314. The van der Waals surface area contributed by atoms with Crippen LogP contribution < -0.4 is 5.32 Å². The van der Waals surface area contributed by atoms with E-state index in [0.29, 0.717) is 0 Å². The van der Waals surface area contributed by atoms with E-state index in [1.165, 1.54) is 4.88 Å². The molecule has 1 unspecified atom stereocenters. The van der Waals surface area contributed by atoms with Crippen molar-refractivity contribution in [3.63, 3.8) is 0 Å². The summed E-state index contributed by atoms with van der Waals surface area (Å²) in [6.45, 7) is 11.0. The summed E-state index contributed by atoms with van der Waals surface area (Å²) in [4.78, 5) is 5.76. The summed E-state index contributed by atoms with van der Waals surface area (Å²) in [5, 5.41) is 4.40. The lowest BCUT2D eigenvalue weighted by Crippen LogP contribution is -2.24. The van der Waals surface area contributed by atoms with Gasteiger partial charge in [0, 0.05) is 24.2 Å². The minimum atomic E-state index is -0.218. The molecule has 0 bridgehead atoms. The smallest absolute Gasteiger partial charge is 0.125 e. The molecule has 0 aliphatic heterocycles. The monoisotopic (exact) mass is 242 g/mol. The third kappa shape index (κ3) is 3.27. The fourth-order valence-corrected chi connectivity index (χ4v) is 2.57. The van der Waals surface area contributed by atoms with E-state index in [1.807, 2.05) is 13.1 Å². The van der Waals surface area contributed by atoms with Crippen molar-refractivity contribution in [3.05, 3.63) is 16.1 Å². The van der Waals surface area contributed by atoms with Crippen LogP contribution in [0, 0.1) is 0 Å². The van der Waals surface area contributed by atoms with Crippen molar-refractivity contribution in [1.29, 1.82) is 0 Å². The molecular formula is C12H22N2OS. The third-order valence-electron chi connectivity index (χ3n) is 2.69. The van der Waals surface area contributed by atoms with Gasteiger partial charge in [0.15, 0.2) is 0 Å². The second kappa shape index (κ2) is 6.33. The van der Waals surface area contributed by atoms with E-state index in [9.17, 15) is 0 Å². The maximum Gasteiger partial charge on any atom is 0.125 e. The summed E-state index contributed by atoms with van der Waals surface area (Å²) in [5.41, 5.74) is -0.218. The number of aromatic nitrogens is 1. The van der Waals surface area contributed by atoms with Crippen LogP contribution in [0.15, 0.2) is 6.20 Å². The number of hydrogen-bond acceptors (Lipinski definition) is 4. The number of nitrogens with one attached hydrogen (secondary N) is 1. The molecule has 0 radical (unpaired) electrons. The number of rotatable bonds is 7. The maximum atomic E-state index is 5.81. The third-order valence-corrected chi connectivity index (χ3v) is 3.94. The summed E-state index contributed by atoms with van der Waals surface area (Å²) in [6.07, 6.45) is 2.91. The van der Waals surface area contributed by atoms with Gasteiger partial charge >= 0.3 is 0 Å². The highest BCUT2D eigenvalue weighted by Gasteiger charge is 2.28. The summed E-state index contributed by atoms with van der Waals surface area (Å²) in [6, 6.07) is 0. The Kier molecular flexibility index (Phi) is 5.38. The van der Waals surface area contributed by atoms with E-state index in [0.717, 1.165) is 31.1 Å². The Hall–Kier alpha value is -0.450. The van der Waals surface area contributed by atoms with Crippen molar-refractivity contribution in [2.24, 2.45) is 0 Å². The molecule has 0 aromatic carbocycles. The zero-order chi connectivity index (χ0) is 12.0. The minimum Gasteiger partial charge on any atom is -0.368 e. The van der Waals surface area contributed by atoms with Gasteiger partial charge in [0.05, 0.1) is 0 Å². The molecule has 0 spiro atoms. The van der Waals surface area contributed by atoms with Crippen molar-refractivity contribution in [3.8, 4) is 0 Å². The van der Waals surface area contributed by atoms with Crippen molar-refractivity contribution >= 4 is 11.3 Å². The Morgan fingerprint density at radius 3 is 2.75 bits per heavy atom. The Morgan fingerprint density at radius 2 is 2.19 bits per heavy atom. The van der Waals surface area contributed by atoms with Gasteiger partial charge in [-0.2, -0.15) is 0 Å². The van der Waals surface area contributed by atoms with Gasteiger partial charge < -0.3 is 10.1 Å². The Morgan fingerprint density at radius 1 is 1.44 bits per heavy atom. The summed E-state index contributed by atoms with van der Waals surface area (Å²) in [5.74, 6) is 0. The highest BCUT2D eigenvalue weighted by molar-refractivity contribution is 7.11. The van der Waals surface area contributed by atoms with Crippen LogP contribution in [0.4, 0.5) is 0 Å². The molecule has 16 heavy (non-hydrogen) atoms. The van der Waals surface area contributed by atoms with Crippen molar-refractivity contribution < 1.29 is 4.74 Å². The molecule has 92 valence electrons. The van der Waals surface area contributed by atoms with Crippen molar-refractivity contribution in [2.45, 2.75) is 46.3 Å². The summed E-state index contributed by atoms with van der Waals surface area (Å²) < 4.78 is 5.81. The first kappa shape index (κ1) is 13.6. The Balaban J connectivity index is 2.74. The van der Waals surface area contributed by atoms with Gasteiger partial charge in [0.25, 0.3) is 0 Å². The molecule has 1 aromatic heterocycles. The quantitative estimate of drug-likeness (QED) is 0.798. The molecule has 1 atom stereocenters. The standard InChI is InChI=1S/C12H22N2OS/c1-5-12(4,15-7-3)11-14-9-10(16-11)8-13-6-2/h9,13H,5-8H2,1-4H3. The number of ether oxygens (including phenoxy) is 1. The van der Waals surface area contributed by atoms with Crippen LogP contribution in [0.1, 0.15) is 44.0 Å². The molecule has 1 rings (SSSR count). The number of nitrogens with zero attached hydrogens (tertiary/aromatic N) is 1. The largest absolute Gasteiger partial charge is 0.368 e. The van der Waals surface area contributed by atoms with Gasteiger partial charge in [-0.3, -0.25) is 0 Å². The van der Waals surface area contributed by atoms with E-state index < -0.39 is 0 Å². The van der Waals surface area contributed by atoms with E-state index in [2.05, 4.69) is 31.1 Å². The first-order chi connectivity index (χ1) is 7.66. The molecule has 0 aliphatic carbocycles. The highest BCUT2D eigenvalue weighted by Crippen LogP contribution is 2.32. The van der Waals surface area contributed by atoms with Crippen LogP contribution in [0.2, 0.25) is 0 Å². The van der Waals surface area contributed by atoms with Crippen LogP contribution in [-0.4, -0.2) is 18.1 Å². The van der Waals surface area contributed by atoms with Crippen molar-refractivity contribution in [2.75, 3.05) is 13.2 Å². The molecule has 1 aromatic rings. The molecule has 0 fully saturated rings.